The van der Waals surface area contributed by atoms with Gasteiger partial charge >= 0.3 is 0 Å². The summed E-state index contributed by atoms with van der Waals surface area (Å²) in [4.78, 5) is 13.3. The second-order valence-electron chi connectivity index (χ2n) is 5.71. The third-order valence-electron chi connectivity index (χ3n) is 4.12. The van der Waals surface area contributed by atoms with E-state index in [4.69, 9.17) is 0 Å². The van der Waals surface area contributed by atoms with E-state index in [9.17, 15) is 0 Å². The number of aromatic nitrogens is 5. The summed E-state index contributed by atoms with van der Waals surface area (Å²) in [6.07, 6.45) is 5.50. The summed E-state index contributed by atoms with van der Waals surface area (Å²) in [5.74, 6) is 1.85. The highest BCUT2D eigenvalue weighted by Crippen LogP contribution is 2.15. The molecular weight excluding hydrogens is 288 g/mol. The average Bonchev–Trinajstić information content (AvgIpc) is 3.09. The standard InChI is InChI=1S/C17H18N6/c1-2-4-13(5-3-1)17-18-9-8-14(22-17)10-19-15-6-7-16-20-12-21-23(16)11-15/h1-5,8-9,12,15,19H,6-7,10-11H2/t15-/m1/s1. The van der Waals surface area contributed by atoms with Gasteiger partial charge in [-0.05, 0) is 12.5 Å². The lowest BCUT2D eigenvalue weighted by Gasteiger charge is -2.23. The topological polar surface area (TPSA) is 68.5 Å². The Morgan fingerprint density at radius 3 is 2.96 bits per heavy atom. The predicted octanol–water partition coefficient (Wildman–Crippen LogP) is 1.84. The van der Waals surface area contributed by atoms with E-state index in [1.807, 2.05) is 47.3 Å². The number of benzene rings is 1. The van der Waals surface area contributed by atoms with Crippen molar-refractivity contribution in [3.05, 3.63) is 60.4 Å². The van der Waals surface area contributed by atoms with Crippen LogP contribution in [0.15, 0.2) is 48.9 Å². The minimum absolute atomic E-state index is 0.402. The number of aryl methyl sites for hydroxylation is 1. The summed E-state index contributed by atoms with van der Waals surface area (Å²) >= 11 is 0. The largest absolute Gasteiger partial charge is 0.307 e. The first-order valence-electron chi connectivity index (χ1n) is 7.86. The van der Waals surface area contributed by atoms with Gasteiger partial charge in [-0.2, -0.15) is 5.10 Å². The molecule has 0 spiro atoms. The molecule has 3 aromatic rings. The van der Waals surface area contributed by atoms with Crippen LogP contribution in [0.3, 0.4) is 0 Å². The van der Waals surface area contributed by atoms with Crippen LogP contribution in [0.2, 0.25) is 0 Å². The first-order valence-corrected chi connectivity index (χ1v) is 7.86. The van der Waals surface area contributed by atoms with Gasteiger partial charge in [0.25, 0.3) is 0 Å². The second kappa shape index (κ2) is 6.26. The van der Waals surface area contributed by atoms with Crippen molar-refractivity contribution < 1.29 is 0 Å². The lowest BCUT2D eigenvalue weighted by atomic mass is 10.1. The second-order valence-corrected chi connectivity index (χ2v) is 5.71. The van der Waals surface area contributed by atoms with E-state index in [0.717, 1.165) is 48.8 Å². The fourth-order valence-corrected chi connectivity index (χ4v) is 2.87. The molecule has 0 amide bonds. The van der Waals surface area contributed by atoms with Crippen molar-refractivity contribution in [2.45, 2.75) is 32.0 Å². The van der Waals surface area contributed by atoms with E-state index in [2.05, 4.69) is 25.4 Å². The molecule has 0 radical (unpaired) electrons. The van der Waals surface area contributed by atoms with Crippen molar-refractivity contribution in [3.63, 3.8) is 0 Å². The van der Waals surface area contributed by atoms with Gasteiger partial charge in [0, 0.05) is 30.8 Å². The maximum Gasteiger partial charge on any atom is 0.159 e. The molecule has 1 aliphatic rings. The zero-order valence-corrected chi connectivity index (χ0v) is 12.8. The van der Waals surface area contributed by atoms with E-state index in [0.29, 0.717) is 6.04 Å². The normalized spacial score (nSPS) is 17.0. The molecule has 3 heterocycles. The molecule has 23 heavy (non-hydrogen) atoms. The van der Waals surface area contributed by atoms with Crippen LogP contribution in [-0.4, -0.2) is 30.8 Å². The van der Waals surface area contributed by atoms with Gasteiger partial charge in [-0.15, -0.1) is 0 Å². The minimum atomic E-state index is 0.402. The summed E-state index contributed by atoms with van der Waals surface area (Å²) in [5, 5.41) is 7.82. The highest BCUT2D eigenvalue weighted by molar-refractivity contribution is 5.54. The van der Waals surface area contributed by atoms with Gasteiger partial charge in [-0.25, -0.2) is 19.6 Å². The highest BCUT2D eigenvalue weighted by atomic mass is 15.3. The number of fused-ring (bicyclic) bond motifs is 1. The quantitative estimate of drug-likeness (QED) is 0.796. The van der Waals surface area contributed by atoms with Crippen LogP contribution in [-0.2, 0) is 19.5 Å². The van der Waals surface area contributed by atoms with Crippen molar-refractivity contribution >= 4 is 0 Å². The monoisotopic (exact) mass is 306 g/mol. The van der Waals surface area contributed by atoms with Gasteiger partial charge in [-0.3, -0.25) is 0 Å². The Kier molecular flexibility index (Phi) is 3.81. The van der Waals surface area contributed by atoms with E-state index in [1.165, 1.54) is 0 Å². The molecule has 116 valence electrons. The highest BCUT2D eigenvalue weighted by Gasteiger charge is 2.19. The number of rotatable bonds is 4. The first-order chi connectivity index (χ1) is 11.4. The molecule has 0 bridgehead atoms. The Labute approximate surface area is 134 Å². The molecule has 0 aliphatic carbocycles. The number of hydrogen-bond acceptors (Lipinski definition) is 5. The first kappa shape index (κ1) is 14.0. The van der Waals surface area contributed by atoms with Crippen molar-refractivity contribution in [1.82, 2.24) is 30.0 Å². The van der Waals surface area contributed by atoms with Crippen LogP contribution in [0, 0.1) is 0 Å². The summed E-state index contributed by atoms with van der Waals surface area (Å²) in [5.41, 5.74) is 2.04. The van der Waals surface area contributed by atoms with Crippen LogP contribution in [0.4, 0.5) is 0 Å². The molecule has 1 atom stereocenters. The van der Waals surface area contributed by atoms with Gasteiger partial charge < -0.3 is 5.32 Å². The molecule has 4 rings (SSSR count). The van der Waals surface area contributed by atoms with E-state index in [-0.39, 0.29) is 0 Å². The van der Waals surface area contributed by atoms with Crippen LogP contribution in [0.25, 0.3) is 11.4 Å². The van der Waals surface area contributed by atoms with E-state index in [1.54, 1.807) is 6.33 Å². The molecule has 0 fully saturated rings. The molecule has 1 aromatic carbocycles. The average molecular weight is 306 g/mol. The minimum Gasteiger partial charge on any atom is -0.307 e. The predicted molar refractivity (Wildman–Crippen MR) is 86.4 cm³/mol. The van der Waals surface area contributed by atoms with Gasteiger partial charge in [-0.1, -0.05) is 30.3 Å². The Balaban J connectivity index is 1.42. The molecule has 0 saturated heterocycles. The third kappa shape index (κ3) is 3.12. The van der Waals surface area contributed by atoms with Crippen LogP contribution >= 0.6 is 0 Å². The number of nitrogens with one attached hydrogen (secondary N) is 1. The fourth-order valence-electron chi connectivity index (χ4n) is 2.87. The van der Waals surface area contributed by atoms with E-state index >= 15 is 0 Å². The Morgan fingerprint density at radius 1 is 1.13 bits per heavy atom. The zero-order chi connectivity index (χ0) is 15.5. The molecular formula is C17H18N6. The van der Waals surface area contributed by atoms with Crippen molar-refractivity contribution in [2.75, 3.05) is 0 Å². The fraction of sp³-hybridized carbons (Fsp3) is 0.294. The van der Waals surface area contributed by atoms with Crippen molar-refractivity contribution in [3.8, 4) is 11.4 Å². The smallest absolute Gasteiger partial charge is 0.159 e. The molecule has 0 saturated carbocycles. The van der Waals surface area contributed by atoms with Gasteiger partial charge in [0.1, 0.15) is 12.2 Å². The lowest BCUT2D eigenvalue weighted by molar-refractivity contribution is 0.356. The Bertz CT molecular complexity index is 783. The van der Waals surface area contributed by atoms with Crippen LogP contribution < -0.4 is 5.32 Å². The van der Waals surface area contributed by atoms with Crippen molar-refractivity contribution in [1.29, 1.82) is 0 Å². The van der Waals surface area contributed by atoms with Gasteiger partial charge in [0.2, 0.25) is 0 Å². The van der Waals surface area contributed by atoms with Gasteiger partial charge in [0.05, 0.1) is 12.2 Å². The summed E-state index contributed by atoms with van der Waals surface area (Å²) in [7, 11) is 0. The maximum absolute atomic E-state index is 4.65. The van der Waals surface area contributed by atoms with Crippen molar-refractivity contribution in [2.24, 2.45) is 0 Å². The molecule has 0 unspecified atom stereocenters. The summed E-state index contributed by atoms with van der Waals surface area (Å²) in [6.45, 7) is 1.60. The zero-order valence-electron chi connectivity index (χ0n) is 12.8. The third-order valence-corrected chi connectivity index (χ3v) is 4.12. The molecule has 1 N–H and O–H groups in total. The Hall–Kier alpha value is -2.60. The number of nitrogens with zero attached hydrogens (tertiary/aromatic N) is 5. The molecule has 6 nitrogen and oxygen atoms in total. The van der Waals surface area contributed by atoms with E-state index < -0.39 is 0 Å². The lowest BCUT2D eigenvalue weighted by Crippen LogP contribution is -2.37. The Morgan fingerprint density at radius 2 is 2.04 bits per heavy atom. The molecule has 6 heteroatoms. The SMILES string of the molecule is c1ccc(-c2nccc(CN[C@@H]3CCc4ncnn4C3)n2)cc1. The molecule has 1 aliphatic heterocycles. The molecule has 2 aromatic heterocycles. The number of hydrogen-bond donors (Lipinski definition) is 1. The summed E-state index contributed by atoms with van der Waals surface area (Å²) < 4.78 is 1.98. The van der Waals surface area contributed by atoms with Crippen LogP contribution in [0.5, 0.6) is 0 Å². The summed E-state index contributed by atoms with van der Waals surface area (Å²) in [6, 6.07) is 12.4. The van der Waals surface area contributed by atoms with Gasteiger partial charge in [0.15, 0.2) is 5.82 Å². The van der Waals surface area contributed by atoms with Crippen LogP contribution in [0.1, 0.15) is 17.9 Å². The maximum atomic E-state index is 4.65.